The molecule has 1 aliphatic heterocycles. The quantitative estimate of drug-likeness (QED) is 0.760. The maximum atomic E-state index is 13.5. The molecule has 1 aromatic rings. The molecule has 1 atom stereocenters. The van der Waals surface area contributed by atoms with Gasteiger partial charge >= 0.3 is 6.18 Å². The number of hydrogen-bond acceptors (Lipinski definition) is 1. The predicted molar refractivity (Wildman–Crippen MR) is 83.7 cm³/mol. The number of nitrogens with one attached hydrogen (secondary N) is 1. The van der Waals surface area contributed by atoms with Crippen LogP contribution in [0.3, 0.4) is 0 Å². The van der Waals surface area contributed by atoms with Gasteiger partial charge in [0.1, 0.15) is 0 Å². The molecule has 1 N–H and O–H groups in total. The van der Waals surface area contributed by atoms with Crippen molar-refractivity contribution in [2.45, 2.75) is 64.6 Å². The van der Waals surface area contributed by atoms with Gasteiger partial charge in [-0.15, -0.1) is 0 Å². The second-order valence-corrected chi connectivity index (χ2v) is 7.60. The molecule has 1 aliphatic rings. The molecular weight excluding hydrogens is 287 g/mol. The van der Waals surface area contributed by atoms with Crippen molar-refractivity contribution in [2.24, 2.45) is 5.41 Å². The Bertz CT molecular complexity index is 492. The Morgan fingerprint density at radius 2 is 1.73 bits per heavy atom. The highest BCUT2D eigenvalue weighted by Crippen LogP contribution is 2.44. The molecule has 1 aromatic carbocycles. The van der Waals surface area contributed by atoms with Crippen molar-refractivity contribution in [3.05, 3.63) is 35.4 Å². The lowest BCUT2D eigenvalue weighted by atomic mass is 9.72. The van der Waals surface area contributed by atoms with E-state index in [1.54, 1.807) is 12.1 Å². The molecule has 1 fully saturated rings. The van der Waals surface area contributed by atoms with Crippen LogP contribution in [-0.4, -0.2) is 6.54 Å². The van der Waals surface area contributed by atoms with E-state index in [9.17, 15) is 13.2 Å². The number of alkyl halides is 3. The summed E-state index contributed by atoms with van der Waals surface area (Å²) in [6.07, 6.45) is 0.225. The van der Waals surface area contributed by atoms with Gasteiger partial charge in [-0.25, -0.2) is 0 Å². The fraction of sp³-hybridized carbons (Fsp3) is 0.667. The van der Waals surface area contributed by atoms with Gasteiger partial charge in [-0.05, 0) is 42.9 Å². The second kappa shape index (κ2) is 6.23. The Morgan fingerprint density at radius 1 is 1.05 bits per heavy atom. The zero-order valence-electron chi connectivity index (χ0n) is 13.7. The summed E-state index contributed by atoms with van der Waals surface area (Å²) in [4.78, 5) is 0. The summed E-state index contributed by atoms with van der Waals surface area (Å²) in [7, 11) is 0. The highest BCUT2D eigenvalue weighted by molar-refractivity contribution is 5.36. The van der Waals surface area contributed by atoms with E-state index in [1.165, 1.54) is 12.1 Å². The molecule has 0 bridgehead atoms. The third kappa shape index (κ3) is 4.03. The van der Waals surface area contributed by atoms with Gasteiger partial charge < -0.3 is 5.32 Å². The summed E-state index contributed by atoms with van der Waals surface area (Å²) >= 11 is 0. The minimum absolute atomic E-state index is 0.0456. The van der Waals surface area contributed by atoms with Gasteiger partial charge in [0, 0.05) is 5.54 Å². The van der Waals surface area contributed by atoms with E-state index < -0.39 is 17.3 Å². The van der Waals surface area contributed by atoms with Gasteiger partial charge in [0.15, 0.2) is 0 Å². The van der Waals surface area contributed by atoms with Crippen LogP contribution in [0.25, 0.3) is 0 Å². The average molecular weight is 313 g/mol. The van der Waals surface area contributed by atoms with Gasteiger partial charge in [0.2, 0.25) is 0 Å². The van der Waals surface area contributed by atoms with Crippen molar-refractivity contribution >= 4 is 0 Å². The predicted octanol–water partition coefficient (Wildman–Crippen LogP) is 5.50. The molecule has 124 valence electrons. The van der Waals surface area contributed by atoms with Crippen LogP contribution in [0.2, 0.25) is 0 Å². The van der Waals surface area contributed by atoms with Crippen molar-refractivity contribution in [3.63, 3.8) is 0 Å². The first kappa shape index (κ1) is 17.3. The van der Waals surface area contributed by atoms with Crippen LogP contribution in [0.5, 0.6) is 0 Å². The smallest absolute Gasteiger partial charge is 0.307 e. The van der Waals surface area contributed by atoms with Gasteiger partial charge in [-0.1, -0.05) is 51.8 Å². The van der Waals surface area contributed by atoms with Crippen LogP contribution in [0.15, 0.2) is 24.3 Å². The van der Waals surface area contributed by atoms with E-state index >= 15 is 0 Å². The maximum absolute atomic E-state index is 13.5. The van der Waals surface area contributed by atoms with Crippen molar-refractivity contribution in [2.75, 3.05) is 6.54 Å². The van der Waals surface area contributed by atoms with Crippen molar-refractivity contribution in [1.82, 2.24) is 5.32 Å². The molecule has 1 unspecified atom stereocenters. The molecule has 22 heavy (non-hydrogen) atoms. The maximum Gasteiger partial charge on any atom is 0.416 e. The molecule has 0 aromatic heterocycles. The van der Waals surface area contributed by atoms with Crippen LogP contribution in [-0.2, 0) is 11.7 Å². The molecule has 0 spiro atoms. The fourth-order valence-electron chi connectivity index (χ4n) is 3.67. The van der Waals surface area contributed by atoms with Crippen LogP contribution < -0.4 is 5.32 Å². The first-order valence-corrected chi connectivity index (χ1v) is 8.06. The van der Waals surface area contributed by atoms with Crippen molar-refractivity contribution < 1.29 is 13.2 Å². The van der Waals surface area contributed by atoms with Gasteiger partial charge in [0.05, 0.1) is 5.56 Å². The summed E-state index contributed by atoms with van der Waals surface area (Å²) in [6.45, 7) is 7.06. The molecule has 0 aliphatic carbocycles. The van der Waals surface area contributed by atoms with E-state index in [4.69, 9.17) is 0 Å². The fourth-order valence-corrected chi connectivity index (χ4v) is 3.67. The number of hydrogen-bond donors (Lipinski definition) is 1. The number of benzene rings is 1. The van der Waals surface area contributed by atoms with Gasteiger partial charge in [-0.2, -0.15) is 13.2 Å². The normalized spacial score (nSPS) is 24.1. The molecule has 1 saturated heterocycles. The molecule has 1 heterocycles. The lowest BCUT2D eigenvalue weighted by Crippen LogP contribution is -2.45. The van der Waals surface area contributed by atoms with Gasteiger partial charge in [0.25, 0.3) is 0 Å². The third-order valence-electron chi connectivity index (χ3n) is 4.32. The summed E-state index contributed by atoms with van der Waals surface area (Å²) in [5, 5.41) is 3.48. The number of rotatable bonds is 2. The topological polar surface area (TPSA) is 12.0 Å². The Hall–Kier alpha value is -1.03. The van der Waals surface area contributed by atoms with E-state index in [-0.39, 0.29) is 5.41 Å². The minimum atomic E-state index is -4.31. The summed E-state index contributed by atoms with van der Waals surface area (Å²) < 4.78 is 40.4. The molecule has 2 rings (SSSR count). The molecule has 0 amide bonds. The molecular formula is C18H26F3N. The lowest BCUT2D eigenvalue weighted by Gasteiger charge is -2.41. The largest absolute Gasteiger partial charge is 0.416 e. The Labute approximate surface area is 131 Å². The minimum Gasteiger partial charge on any atom is -0.307 e. The van der Waals surface area contributed by atoms with Crippen LogP contribution in [0.4, 0.5) is 13.2 Å². The van der Waals surface area contributed by atoms with E-state index in [0.29, 0.717) is 12.0 Å². The summed E-state index contributed by atoms with van der Waals surface area (Å²) in [6, 6.07) is 6.08. The standard InChI is InChI=1S/C18H26F3N/c1-16(2,3)13-17(11-7-4-8-12-22-17)14-9-5-6-10-15(14)18(19,20)21/h5-6,9-10,22H,4,7-8,11-13H2,1-3H3. The monoisotopic (exact) mass is 313 g/mol. The van der Waals surface area contributed by atoms with E-state index in [2.05, 4.69) is 26.1 Å². The van der Waals surface area contributed by atoms with Crippen LogP contribution >= 0.6 is 0 Å². The molecule has 0 radical (unpaired) electrons. The second-order valence-electron chi connectivity index (χ2n) is 7.60. The van der Waals surface area contributed by atoms with Gasteiger partial charge in [-0.3, -0.25) is 0 Å². The van der Waals surface area contributed by atoms with Crippen LogP contribution in [0, 0.1) is 5.41 Å². The number of halogens is 3. The van der Waals surface area contributed by atoms with Crippen LogP contribution in [0.1, 0.15) is 64.0 Å². The van der Waals surface area contributed by atoms with Crippen molar-refractivity contribution in [1.29, 1.82) is 0 Å². The SMILES string of the molecule is CC(C)(C)CC1(c2ccccc2C(F)(F)F)CCCCCN1. The molecule has 0 saturated carbocycles. The summed E-state index contributed by atoms with van der Waals surface area (Å²) in [5.41, 5.74) is -0.704. The zero-order chi connectivity index (χ0) is 16.4. The first-order valence-electron chi connectivity index (χ1n) is 8.06. The highest BCUT2D eigenvalue weighted by atomic mass is 19.4. The molecule has 4 heteroatoms. The first-order chi connectivity index (χ1) is 10.1. The lowest BCUT2D eigenvalue weighted by molar-refractivity contribution is -0.139. The van der Waals surface area contributed by atoms with E-state index in [0.717, 1.165) is 32.2 Å². The highest BCUT2D eigenvalue weighted by Gasteiger charge is 2.43. The zero-order valence-corrected chi connectivity index (χ0v) is 13.7. The van der Waals surface area contributed by atoms with Crippen molar-refractivity contribution in [3.8, 4) is 0 Å². The Balaban J connectivity index is 2.54. The Morgan fingerprint density at radius 3 is 2.36 bits per heavy atom. The summed E-state index contributed by atoms with van der Waals surface area (Å²) in [5.74, 6) is 0. The van der Waals surface area contributed by atoms with E-state index in [1.807, 2.05) is 0 Å². The average Bonchev–Trinajstić information content (AvgIpc) is 2.62. The molecule has 1 nitrogen and oxygen atoms in total. The third-order valence-corrected chi connectivity index (χ3v) is 4.32. The Kier molecular flexibility index (Phi) is 4.90.